The van der Waals surface area contributed by atoms with Crippen molar-refractivity contribution in [3.63, 3.8) is 0 Å². The summed E-state index contributed by atoms with van der Waals surface area (Å²) >= 11 is 0. The maximum atomic E-state index is 12.3. The summed E-state index contributed by atoms with van der Waals surface area (Å²) in [6.45, 7) is 3.89. The highest BCUT2D eigenvalue weighted by atomic mass is 16.7. The van der Waals surface area contributed by atoms with Crippen LogP contribution in [-0.2, 0) is 14.3 Å². The van der Waals surface area contributed by atoms with E-state index >= 15 is 0 Å². The molecule has 0 saturated carbocycles. The van der Waals surface area contributed by atoms with Crippen LogP contribution in [0, 0.1) is 0 Å². The number of carbonyl (C=O) groups excluding carboxylic acids is 1. The number of aromatic hydroxyl groups is 1. The minimum absolute atomic E-state index is 0.0268. The first-order valence-corrected chi connectivity index (χ1v) is 13.8. The number of phenols is 1. The van der Waals surface area contributed by atoms with Crippen LogP contribution in [0.15, 0.2) is 54.1 Å². The number of methoxy groups -OCH3 is 1. The first kappa shape index (κ1) is 29.1. The summed E-state index contributed by atoms with van der Waals surface area (Å²) in [5, 5.41) is 41.0. The molecule has 0 unspecified atom stereocenters. The van der Waals surface area contributed by atoms with Crippen LogP contribution in [-0.4, -0.2) is 94.8 Å². The highest BCUT2D eigenvalue weighted by Gasteiger charge is 2.45. The van der Waals surface area contributed by atoms with Gasteiger partial charge in [-0.1, -0.05) is 23.8 Å². The monoisotopic (exact) mass is 567 g/mol. The Kier molecular flexibility index (Phi) is 8.96. The first-order chi connectivity index (χ1) is 19.7. The summed E-state index contributed by atoms with van der Waals surface area (Å²) in [5.74, 6) is -0.0542. The van der Waals surface area contributed by atoms with E-state index in [2.05, 4.69) is 11.8 Å². The molecule has 10 nitrogen and oxygen atoms in total. The van der Waals surface area contributed by atoms with Crippen molar-refractivity contribution in [3.8, 4) is 17.2 Å². The second kappa shape index (κ2) is 12.6. The molecule has 5 rings (SSSR count). The van der Waals surface area contributed by atoms with Crippen LogP contribution in [0.25, 0.3) is 11.6 Å². The molecule has 2 fully saturated rings. The van der Waals surface area contributed by atoms with Crippen molar-refractivity contribution in [2.75, 3.05) is 26.8 Å². The van der Waals surface area contributed by atoms with Gasteiger partial charge in [-0.15, -0.1) is 0 Å². The maximum Gasteiger partial charge on any atom is 0.330 e. The quantitative estimate of drug-likeness (QED) is 0.278. The van der Waals surface area contributed by atoms with Crippen LogP contribution < -0.4 is 9.47 Å². The van der Waals surface area contributed by atoms with E-state index in [1.165, 1.54) is 49.3 Å². The molecule has 0 aromatic heterocycles. The number of aliphatic hydroxyl groups is 3. The Labute approximate surface area is 239 Å². The predicted molar refractivity (Wildman–Crippen MR) is 150 cm³/mol. The first-order valence-electron chi connectivity index (χ1n) is 13.8. The van der Waals surface area contributed by atoms with Crippen molar-refractivity contribution in [2.45, 2.75) is 62.9 Å². The highest BCUT2D eigenvalue weighted by Crippen LogP contribution is 2.35. The Bertz CT molecular complexity index is 1290. The molecular formula is C31H37NO9. The number of carbonyl (C=O) groups is 1. The van der Waals surface area contributed by atoms with Gasteiger partial charge < -0.3 is 39.4 Å². The summed E-state index contributed by atoms with van der Waals surface area (Å²) in [4.78, 5) is 14.8. The third kappa shape index (κ3) is 6.58. The standard InChI is InChI=1S/C31H37NO9/c1-18-14-21-4-3-13-32(21)16-23(18)20-7-9-22(10-8-20)40-31-30(37)29(36)28(35)26(41-31)17-39-27(34)12-6-19-5-11-24(33)25(15-19)38-2/h5-12,15,21,26,28-31,33,35-37H,3-4,13-14,16-17H2,1-2H3/t21-,26+,28+,29+,30+,31+/m0/s1. The Morgan fingerprint density at radius 1 is 1.10 bits per heavy atom. The van der Waals surface area contributed by atoms with E-state index in [0.717, 1.165) is 25.1 Å². The average molecular weight is 568 g/mol. The van der Waals surface area contributed by atoms with Gasteiger partial charge in [0.2, 0.25) is 6.29 Å². The van der Waals surface area contributed by atoms with E-state index in [1.807, 2.05) is 12.1 Å². The van der Waals surface area contributed by atoms with Gasteiger partial charge in [0.05, 0.1) is 7.11 Å². The molecule has 10 heteroatoms. The second-order valence-electron chi connectivity index (χ2n) is 10.8. The molecule has 2 aromatic rings. The number of benzene rings is 2. The van der Waals surface area contributed by atoms with Gasteiger partial charge in [0.15, 0.2) is 11.5 Å². The fourth-order valence-electron chi connectivity index (χ4n) is 5.68. The van der Waals surface area contributed by atoms with Gasteiger partial charge in [0.25, 0.3) is 0 Å². The zero-order valence-corrected chi connectivity index (χ0v) is 23.2. The molecule has 4 N–H and O–H groups in total. The molecule has 3 aliphatic rings. The van der Waals surface area contributed by atoms with Crippen molar-refractivity contribution in [2.24, 2.45) is 0 Å². The summed E-state index contributed by atoms with van der Waals surface area (Å²) in [7, 11) is 1.42. The molecular weight excluding hydrogens is 530 g/mol. The highest BCUT2D eigenvalue weighted by molar-refractivity contribution is 5.87. The molecule has 220 valence electrons. The molecule has 0 aliphatic carbocycles. The Morgan fingerprint density at radius 2 is 1.88 bits per heavy atom. The smallest absolute Gasteiger partial charge is 0.330 e. The van der Waals surface area contributed by atoms with Gasteiger partial charge in [-0.05, 0) is 79.8 Å². The number of esters is 1. The third-order valence-corrected chi connectivity index (χ3v) is 8.05. The molecule has 0 radical (unpaired) electrons. The van der Waals surface area contributed by atoms with Crippen molar-refractivity contribution < 1.29 is 44.2 Å². The lowest BCUT2D eigenvalue weighted by atomic mass is 9.91. The van der Waals surface area contributed by atoms with Gasteiger partial charge in [-0.3, -0.25) is 4.90 Å². The summed E-state index contributed by atoms with van der Waals surface area (Å²) in [5.41, 5.74) is 4.44. The predicted octanol–water partition coefficient (Wildman–Crippen LogP) is 2.49. The normalized spacial score (nSPS) is 28.5. The van der Waals surface area contributed by atoms with Gasteiger partial charge in [0.1, 0.15) is 36.8 Å². The zero-order chi connectivity index (χ0) is 29.1. The maximum absolute atomic E-state index is 12.3. The van der Waals surface area contributed by atoms with E-state index in [4.69, 9.17) is 18.9 Å². The third-order valence-electron chi connectivity index (χ3n) is 8.05. The zero-order valence-electron chi connectivity index (χ0n) is 23.2. The van der Waals surface area contributed by atoms with Crippen LogP contribution in [0.2, 0.25) is 0 Å². The number of phenolic OH excluding ortho intramolecular Hbond substituents is 1. The van der Waals surface area contributed by atoms with Gasteiger partial charge in [0, 0.05) is 18.7 Å². The lowest BCUT2D eigenvalue weighted by molar-refractivity contribution is -0.278. The van der Waals surface area contributed by atoms with E-state index in [0.29, 0.717) is 17.4 Å². The van der Waals surface area contributed by atoms with E-state index < -0.39 is 36.7 Å². The summed E-state index contributed by atoms with van der Waals surface area (Å²) in [6.07, 6.45) is -0.764. The average Bonchev–Trinajstić information content (AvgIpc) is 3.43. The number of rotatable bonds is 8. The number of fused-ring (bicyclic) bond motifs is 1. The number of hydrogen-bond acceptors (Lipinski definition) is 10. The van der Waals surface area contributed by atoms with Crippen LogP contribution in [0.5, 0.6) is 17.2 Å². The number of hydrogen-bond donors (Lipinski definition) is 4. The number of aliphatic hydroxyl groups excluding tert-OH is 3. The van der Waals surface area contributed by atoms with Crippen LogP contribution in [0.3, 0.4) is 0 Å². The molecule has 2 saturated heterocycles. The van der Waals surface area contributed by atoms with Crippen molar-refractivity contribution in [1.82, 2.24) is 4.90 Å². The van der Waals surface area contributed by atoms with E-state index in [-0.39, 0.29) is 18.1 Å². The number of nitrogens with zero attached hydrogens (tertiary/aromatic N) is 1. The van der Waals surface area contributed by atoms with Gasteiger partial charge >= 0.3 is 5.97 Å². The molecule has 6 atom stereocenters. The minimum Gasteiger partial charge on any atom is -0.504 e. The van der Waals surface area contributed by atoms with Crippen LogP contribution in [0.1, 0.15) is 37.3 Å². The van der Waals surface area contributed by atoms with Crippen molar-refractivity contribution >= 4 is 17.6 Å². The fraction of sp³-hybridized carbons (Fsp3) is 0.452. The molecule has 0 bridgehead atoms. The Hall–Kier alpha value is -3.41. The fourth-order valence-corrected chi connectivity index (χ4v) is 5.68. The molecule has 41 heavy (non-hydrogen) atoms. The summed E-state index contributed by atoms with van der Waals surface area (Å²) in [6, 6.07) is 12.8. The van der Waals surface area contributed by atoms with Crippen LogP contribution >= 0.6 is 0 Å². The molecule has 2 aromatic carbocycles. The Balaban J connectivity index is 1.18. The van der Waals surface area contributed by atoms with E-state index in [1.54, 1.807) is 24.3 Å². The van der Waals surface area contributed by atoms with Crippen molar-refractivity contribution in [3.05, 3.63) is 65.2 Å². The summed E-state index contributed by atoms with van der Waals surface area (Å²) < 4.78 is 21.8. The van der Waals surface area contributed by atoms with Crippen LogP contribution in [0.4, 0.5) is 0 Å². The van der Waals surface area contributed by atoms with Gasteiger partial charge in [-0.2, -0.15) is 0 Å². The van der Waals surface area contributed by atoms with Crippen molar-refractivity contribution in [1.29, 1.82) is 0 Å². The van der Waals surface area contributed by atoms with Gasteiger partial charge in [-0.25, -0.2) is 4.79 Å². The molecule has 3 heterocycles. The molecule has 3 aliphatic heterocycles. The minimum atomic E-state index is -1.57. The lowest BCUT2D eigenvalue weighted by Gasteiger charge is -2.39. The number of ether oxygens (including phenoxy) is 4. The lowest BCUT2D eigenvalue weighted by Crippen LogP contribution is -2.60. The SMILES string of the molecule is COc1cc(C=CC(=O)OC[C@H]2O[C@@H](Oc3ccc(C4=C(C)C[C@@H]5CCCN5C4)cc3)[C@H](O)[C@H](O)[C@@H]2O)ccc1O. The molecule has 0 spiro atoms. The topological polar surface area (TPSA) is 138 Å². The van der Waals surface area contributed by atoms with E-state index in [9.17, 15) is 25.2 Å². The Morgan fingerprint density at radius 3 is 2.63 bits per heavy atom. The molecule has 0 amide bonds. The second-order valence-corrected chi connectivity index (χ2v) is 10.8. The largest absolute Gasteiger partial charge is 0.504 e.